The second-order valence-corrected chi connectivity index (χ2v) is 58.4. The fraction of sp³-hybridized carbons (Fsp3) is 1.00. The largest absolute Gasteiger partial charge is 0.0776 e. The zero-order valence-electron chi connectivity index (χ0n) is 101. The van der Waals surface area contributed by atoms with Gasteiger partial charge < -0.3 is 0 Å². The van der Waals surface area contributed by atoms with E-state index in [-0.39, 0.29) is 74.3 Å². The van der Waals surface area contributed by atoms with Gasteiger partial charge in [0.2, 0.25) is 0 Å². The molecular formula is C150H306. The summed E-state index contributed by atoms with van der Waals surface area (Å²) in [4.78, 5) is 0. The van der Waals surface area contributed by atoms with Gasteiger partial charge in [0.05, 0.1) is 0 Å². The highest BCUT2D eigenvalue weighted by molar-refractivity contribution is 4.94. The van der Waals surface area contributed by atoms with Crippen LogP contribution in [-0.2, 0) is 0 Å². The fourth-order valence-corrected chi connectivity index (χ4v) is 34.2. The molecule has 0 heterocycles. The molecule has 0 aromatic carbocycles. The first-order chi connectivity index (χ1) is 67.5. The first-order valence-electron chi connectivity index (χ1n) is 67.5. The maximum atomic E-state index is 2.60. The molecule has 0 heteroatoms. The van der Waals surface area contributed by atoms with Crippen molar-refractivity contribution in [2.45, 2.75) is 754 Å². The monoisotopic (exact) mass is 2110 g/mol. The first-order valence-corrected chi connectivity index (χ1v) is 67.5. The van der Waals surface area contributed by atoms with Crippen LogP contribution in [0, 0.1) is 212 Å². The van der Waals surface area contributed by atoms with E-state index in [1.54, 1.807) is 89.9 Å². The minimum Gasteiger partial charge on any atom is -0.0776 e. The summed E-state index contributed by atoms with van der Waals surface area (Å²) in [5.41, 5.74) is 1.22. The average molecular weight is 2110 g/mol. The van der Waals surface area contributed by atoms with Crippen LogP contribution in [0.1, 0.15) is 754 Å². The molecule has 4 unspecified atom stereocenters. The summed E-state index contributed by atoms with van der Waals surface area (Å²) in [7, 11) is 0. The lowest BCUT2D eigenvalue weighted by atomic mass is 9.59. The summed E-state index contributed by atoms with van der Waals surface area (Å²) in [6.07, 6.45) is 121. The maximum Gasteiger partial charge on any atom is -0.0298 e. The molecule has 906 valence electrons. The minimum absolute atomic E-state index is 0. The summed E-state index contributed by atoms with van der Waals surface area (Å²) in [5.74, 6) is 36.0. The van der Waals surface area contributed by atoms with E-state index in [1.165, 1.54) is 424 Å². The molecule has 0 spiro atoms. The van der Waals surface area contributed by atoms with Gasteiger partial charge in [0.15, 0.2) is 0 Å². The number of hydrogen-bond acceptors (Lipinski definition) is 0. The zero-order chi connectivity index (χ0) is 101. The van der Waals surface area contributed by atoms with Crippen molar-refractivity contribution in [2.75, 3.05) is 0 Å². The van der Waals surface area contributed by atoms with E-state index in [0.29, 0.717) is 10.8 Å². The van der Waals surface area contributed by atoms with Gasteiger partial charge in [-0.15, -0.1) is 0 Å². The standard InChI is InChI=1S/C19H36.2C17H32.C16H30.C15H28.C14H26.C12H22.C12H24.C10H20.C8H16.10CH4/c1-5-15-7-11-17(12-8-15)19(3,4)18-13-9-16(6-2)10-14-18;1-13-5-9-15(10-6-13)17(3,4)16-11-7-14(2)8-12-16;1-3-14-5-9-16(10-6-14)13-17-11-7-15(4-2)8-12-17;1-3-13-5-9-15(10-6-13)16-11-7-14(4-2)8-12-16;1-12-3-7-14(8-4-12)11-15-9-5-13(2)6-10-15;1-11-3-7-13(8-4-11)14-9-5-12(2)6-10-14;1-9-3-5-12-8-10(2)4-6-11(12)7-9;1-3-5-11-7-9-12(6-4-2)10-8-11;1-3-9-5-7-10(4-2)8-6-9;1-7-3-5-8(2)6-4-7;;;;;;;;;;/h15-18H,5-14H2,1-4H3;13-16H,5-12H2,1-4H3;14-17H,3-13H2,1-2H3;13-16H,3-12H2,1-2H3;12-15H,3-11H2,1-2H3;11-14H,3-10H2,1-2H3;9-12H,3-8H2,1-2H3;11-12H,3-10H2,1-2H3;9-10H,3-8H2,1-2H3;7-8H,3-6H2,1-2H3;10*1H4. The first kappa shape index (κ1) is 154. The van der Waals surface area contributed by atoms with E-state index in [9.17, 15) is 0 Å². The van der Waals surface area contributed by atoms with Crippen molar-refractivity contribution in [3.63, 3.8) is 0 Å². The smallest absolute Gasteiger partial charge is 0.0298 e. The second kappa shape index (κ2) is 86.7. The molecule has 17 fully saturated rings. The Hall–Kier alpha value is 0. The quantitative estimate of drug-likeness (QED) is 0.101. The maximum absolute atomic E-state index is 2.60. The van der Waals surface area contributed by atoms with Crippen molar-refractivity contribution < 1.29 is 0 Å². The number of fused-ring (bicyclic) bond motifs is 1. The number of hydrogen-bond donors (Lipinski definition) is 0. The Morgan fingerprint density at radius 1 is 0.133 bits per heavy atom. The highest BCUT2D eigenvalue weighted by Gasteiger charge is 2.43. The molecule has 0 nitrogen and oxygen atoms in total. The predicted octanol–water partition coefficient (Wildman–Crippen LogP) is 54.1. The lowest BCUT2D eigenvalue weighted by Crippen LogP contribution is -2.37. The summed E-state index contributed by atoms with van der Waals surface area (Å²) in [5, 5.41) is 0. The van der Waals surface area contributed by atoms with Gasteiger partial charge in [-0.1, -0.05) is 613 Å². The summed E-state index contributed by atoms with van der Waals surface area (Å²) in [6.45, 7) is 58.1. The van der Waals surface area contributed by atoms with Gasteiger partial charge in [-0.3, -0.25) is 0 Å². The molecule has 0 aromatic rings. The van der Waals surface area contributed by atoms with Gasteiger partial charge in [0.25, 0.3) is 0 Å². The Morgan fingerprint density at radius 2 is 0.253 bits per heavy atom. The number of rotatable bonds is 22. The minimum atomic E-state index is 0. The van der Waals surface area contributed by atoms with E-state index in [0.717, 1.165) is 201 Å². The third-order valence-corrected chi connectivity index (χ3v) is 47.1. The molecule has 4 atom stereocenters. The highest BCUT2D eigenvalue weighted by atomic mass is 14.5. The fourth-order valence-electron chi connectivity index (χ4n) is 34.2. The van der Waals surface area contributed by atoms with Crippen LogP contribution < -0.4 is 0 Å². The van der Waals surface area contributed by atoms with Crippen molar-refractivity contribution in [2.24, 2.45) is 212 Å². The van der Waals surface area contributed by atoms with Crippen molar-refractivity contribution in [3.8, 4) is 0 Å². The van der Waals surface area contributed by atoms with Gasteiger partial charge in [0, 0.05) is 0 Å². The Morgan fingerprint density at radius 3 is 0.440 bits per heavy atom. The van der Waals surface area contributed by atoms with Crippen LogP contribution in [-0.4, -0.2) is 0 Å². The summed E-state index contributed by atoms with van der Waals surface area (Å²) in [6, 6.07) is 0. The third kappa shape index (κ3) is 58.4. The Labute approximate surface area is 959 Å². The van der Waals surface area contributed by atoms with Crippen LogP contribution in [0.4, 0.5) is 0 Å². The molecule has 17 rings (SSSR count). The van der Waals surface area contributed by atoms with Crippen LogP contribution in [0.15, 0.2) is 0 Å². The molecule has 17 saturated carbocycles. The van der Waals surface area contributed by atoms with E-state index >= 15 is 0 Å². The van der Waals surface area contributed by atoms with Crippen molar-refractivity contribution in [1.29, 1.82) is 0 Å². The molecular weight excluding hydrogens is 1800 g/mol. The molecule has 0 aromatic heterocycles. The normalized spacial score (nSPS) is 37.3. The van der Waals surface area contributed by atoms with Gasteiger partial charge in [0.1, 0.15) is 0 Å². The van der Waals surface area contributed by atoms with Gasteiger partial charge in [-0.05, 0) is 353 Å². The van der Waals surface area contributed by atoms with Gasteiger partial charge in [-0.2, -0.15) is 0 Å². The highest BCUT2D eigenvalue weighted by Crippen LogP contribution is 2.55. The lowest BCUT2D eigenvalue weighted by Gasteiger charge is -2.46. The topological polar surface area (TPSA) is 0 Å². The zero-order valence-corrected chi connectivity index (χ0v) is 101. The molecule has 0 saturated heterocycles. The van der Waals surface area contributed by atoms with Gasteiger partial charge >= 0.3 is 0 Å². The third-order valence-electron chi connectivity index (χ3n) is 47.1. The van der Waals surface area contributed by atoms with Crippen LogP contribution in [0.5, 0.6) is 0 Å². The van der Waals surface area contributed by atoms with Crippen LogP contribution in [0.25, 0.3) is 0 Å². The van der Waals surface area contributed by atoms with Crippen molar-refractivity contribution in [3.05, 3.63) is 0 Å². The lowest BCUT2D eigenvalue weighted by molar-refractivity contribution is 0.0381. The molecule has 0 amide bonds. The molecule has 150 heavy (non-hydrogen) atoms. The molecule has 17 aliphatic carbocycles. The van der Waals surface area contributed by atoms with Crippen molar-refractivity contribution >= 4 is 0 Å². The SMILES string of the molecule is C.C.C.C.C.C.C.C.C.C.CC1CCC(C(C)(C)C2CCC(C)CC2)CC1.CC1CCC(C)CC1.CC1CCC(C2CCC(C)CC2)CC1.CC1CCC(CC2CCC(C)CC2)CC1.CC1CCC2CC(C)CCC2C1.CCC1CCC(C(C)(C)C2CCC(CC)CC2)CC1.CCC1CCC(C2CCC(CC)CC2)CC1.CCC1CCC(CC)CC1.CCC1CCC(CC2CCC(CC)CC2)CC1.CCCC1CCC(CCC)CC1. The van der Waals surface area contributed by atoms with E-state index < -0.39 is 0 Å². The van der Waals surface area contributed by atoms with Crippen molar-refractivity contribution in [1.82, 2.24) is 0 Å². The Balaban J connectivity index is -0.00000160. The van der Waals surface area contributed by atoms with E-state index in [1.807, 2.05) is 0 Å². The summed E-state index contributed by atoms with van der Waals surface area (Å²) < 4.78 is 0. The van der Waals surface area contributed by atoms with Crippen LogP contribution >= 0.6 is 0 Å². The molecule has 17 aliphatic rings. The van der Waals surface area contributed by atoms with Gasteiger partial charge in [-0.25, -0.2) is 0 Å². The Bertz CT molecular complexity index is 2630. The van der Waals surface area contributed by atoms with Crippen LogP contribution in [0.2, 0.25) is 0 Å². The molecule has 0 N–H and O–H groups in total. The predicted molar refractivity (Wildman–Crippen MR) is 696 cm³/mol. The summed E-state index contributed by atoms with van der Waals surface area (Å²) >= 11 is 0. The van der Waals surface area contributed by atoms with E-state index in [4.69, 9.17) is 0 Å². The second-order valence-electron chi connectivity index (χ2n) is 58.4. The molecule has 0 bridgehead atoms. The Kier molecular flexibility index (Phi) is 89.1. The van der Waals surface area contributed by atoms with Crippen LogP contribution in [0.3, 0.4) is 0 Å². The molecule has 0 aliphatic heterocycles. The van der Waals surface area contributed by atoms with E-state index in [2.05, 4.69) is 166 Å². The molecule has 0 radical (unpaired) electrons. The average Bonchev–Trinajstić information content (AvgIpc) is 0.804.